The van der Waals surface area contributed by atoms with E-state index in [-0.39, 0.29) is 37.7 Å². The van der Waals surface area contributed by atoms with Crippen LogP contribution in [0.5, 0.6) is 0 Å². The quantitative estimate of drug-likeness (QED) is 0.330. The van der Waals surface area contributed by atoms with Crippen molar-refractivity contribution in [2.24, 2.45) is 0 Å². The Morgan fingerprint density at radius 2 is 1.93 bits per heavy atom. The third-order valence-corrected chi connectivity index (χ3v) is 5.62. The van der Waals surface area contributed by atoms with Crippen molar-refractivity contribution in [1.82, 2.24) is 9.96 Å². The van der Waals surface area contributed by atoms with Gasteiger partial charge in [-0.05, 0) is 23.8 Å². The van der Waals surface area contributed by atoms with Gasteiger partial charge in [0.05, 0.1) is 24.7 Å². The van der Waals surface area contributed by atoms with E-state index in [0.717, 1.165) is 10.5 Å². The Kier molecular flexibility index (Phi) is 8.59. The average molecular weight is 426 g/mol. The fourth-order valence-electron chi connectivity index (χ4n) is 2.90. The van der Waals surface area contributed by atoms with E-state index < -0.39 is 5.25 Å². The molecule has 2 amide bonds. The lowest BCUT2D eigenvalue weighted by Crippen LogP contribution is -2.43. The zero-order valence-corrected chi connectivity index (χ0v) is 17.6. The van der Waals surface area contributed by atoms with Crippen molar-refractivity contribution in [3.63, 3.8) is 0 Å². The Morgan fingerprint density at radius 1 is 1.27 bits per heavy atom. The summed E-state index contributed by atoms with van der Waals surface area (Å²) in [5.41, 5.74) is 1.75. The van der Waals surface area contributed by atoms with Crippen molar-refractivity contribution in [3.8, 4) is 6.07 Å². The van der Waals surface area contributed by atoms with E-state index in [2.05, 4.69) is 0 Å². The lowest BCUT2D eigenvalue weighted by atomic mass is 10.1. The molecule has 7 nitrogen and oxygen atoms in total. The Bertz CT molecular complexity index is 940. The number of rotatable bonds is 6. The zero-order chi connectivity index (χ0) is 22.1. The Hall–Kier alpha value is -3.15. The minimum absolute atomic E-state index is 0.136. The van der Waals surface area contributed by atoms with Crippen LogP contribution in [0.1, 0.15) is 35.3 Å². The third kappa shape index (κ3) is 5.69. The highest BCUT2D eigenvalue weighted by Gasteiger charge is 2.32. The number of nitrogens with zero attached hydrogens (tertiary/aromatic N) is 3. The normalized spacial score (nSPS) is 15.1. The molecule has 0 aromatic heterocycles. The molecule has 156 valence electrons. The second kappa shape index (κ2) is 11.1. The maximum absolute atomic E-state index is 13.0. The Labute approximate surface area is 179 Å². The highest BCUT2D eigenvalue weighted by Crippen LogP contribution is 2.33. The highest BCUT2D eigenvalue weighted by molar-refractivity contribution is 8.00. The summed E-state index contributed by atoms with van der Waals surface area (Å²) in [6.07, 6.45) is 0.247. The van der Waals surface area contributed by atoms with Gasteiger partial charge in [-0.2, -0.15) is 5.26 Å². The van der Waals surface area contributed by atoms with Crippen LogP contribution < -0.4 is 0 Å². The van der Waals surface area contributed by atoms with Gasteiger partial charge in [-0.3, -0.25) is 19.6 Å². The predicted molar refractivity (Wildman–Crippen MR) is 113 cm³/mol. The number of carbonyl (C=O) groups is 3. The molecule has 0 saturated carbocycles. The summed E-state index contributed by atoms with van der Waals surface area (Å²) in [6, 6.07) is 15.7. The standard InChI is InChI=1S/C20H17N3O4S.C2H6/c21-9-14-5-7-15(8-6-14)17(25)11-22-10-16-3-1-2-4-18(16)28-19(20(22)26)12-23(27)13-24;1-2/h1-8,13,19,27H,10-12H2;1-2H3. The van der Waals surface area contributed by atoms with Gasteiger partial charge < -0.3 is 4.90 Å². The van der Waals surface area contributed by atoms with Crippen LogP contribution >= 0.6 is 11.8 Å². The van der Waals surface area contributed by atoms with Crippen LogP contribution in [-0.4, -0.2) is 51.6 Å². The van der Waals surface area contributed by atoms with Gasteiger partial charge in [-0.25, -0.2) is 5.06 Å². The van der Waals surface area contributed by atoms with E-state index in [4.69, 9.17) is 5.26 Å². The van der Waals surface area contributed by atoms with Gasteiger partial charge in [0.1, 0.15) is 5.25 Å². The van der Waals surface area contributed by atoms with Gasteiger partial charge in [0, 0.05) is 17.0 Å². The van der Waals surface area contributed by atoms with Crippen molar-refractivity contribution in [3.05, 3.63) is 65.2 Å². The van der Waals surface area contributed by atoms with Crippen LogP contribution in [-0.2, 0) is 16.1 Å². The molecule has 0 aliphatic carbocycles. The van der Waals surface area contributed by atoms with E-state index >= 15 is 0 Å². The summed E-state index contributed by atoms with van der Waals surface area (Å²) in [7, 11) is 0. The first-order valence-corrected chi connectivity index (χ1v) is 10.4. The number of Topliss-reactive ketones (excluding diaryl/α,β-unsaturated/α-hetero) is 1. The number of nitriles is 1. The van der Waals surface area contributed by atoms with E-state index in [1.54, 1.807) is 24.3 Å². The predicted octanol–water partition coefficient (Wildman–Crippen LogP) is 3.12. The van der Waals surface area contributed by atoms with Crippen molar-refractivity contribution in [1.29, 1.82) is 5.26 Å². The molecule has 1 heterocycles. The lowest BCUT2D eigenvalue weighted by Gasteiger charge is -2.24. The maximum atomic E-state index is 13.0. The van der Waals surface area contributed by atoms with Crippen molar-refractivity contribution in [2.45, 2.75) is 30.5 Å². The number of benzene rings is 2. The molecular weight excluding hydrogens is 402 g/mol. The summed E-state index contributed by atoms with van der Waals surface area (Å²) < 4.78 is 0. The average Bonchev–Trinajstić information content (AvgIpc) is 2.91. The first-order valence-electron chi connectivity index (χ1n) is 9.49. The maximum Gasteiger partial charge on any atom is 0.238 e. The molecule has 0 radical (unpaired) electrons. The first kappa shape index (κ1) is 23.1. The van der Waals surface area contributed by atoms with Gasteiger partial charge >= 0.3 is 0 Å². The molecule has 1 aliphatic rings. The first-order chi connectivity index (χ1) is 14.5. The highest BCUT2D eigenvalue weighted by atomic mass is 32.2. The zero-order valence-electron chi connectivity index (χ0n) is 16.8. The lowest BCUT2D eigenvalue weighted by molar-refractivity contribution is -0.151. The summed E-state index contributed by atoms with van der Waals surface area (Å²) in [5, 5.41) is 18.1. The van der Waals surface area contributed by atoms with Crippen LogP contribution in [0.25, 0.3) is 0 Å². The molecule has 0 saturated heterocycles. The minimum Gasteiger partial charge on any atom is -0.330 e. The fraction of sp³-hybridized carbons (Fsp3) is 0.273. The summed E-state index contributed by atoms with van der Waals surface area (Å²) in [4.78, 5) is 38.7. The Balaban J connectivity index is 0.00000155. The van der Waals surface area contributed by atoms with Gasteiger partial charge in [0.25, 0.3) is 0 Å². The number of hydrogen-bond acceptors (Lipinski definition) is 6. The van der Waals surface area contributed by atoms with Gasteiger partial charge in [-0.15, -0.1) is 11.8 Å². The molecule has 1 N–H and O–H groups in total. The van der Waals surface area contributed by atoms with Crippen LogP contribution in [0, 0.1) is 11.3 Å². The number of thioether (sulfide) groups is 1. The number of ketones is 1. The van der Waals surface area contributed by atoms with Gasteiger partial charge in [-0.1, -0.05) is 44.2 Å². The van der Waals surface area contributed by atoms with Crippen LogP contribution in [0.3, 0.4) is 0 Å². The summed E-state index contributed by atoms with van der Waals surface area (Å²) in [5.74, 6) is -0.582. The molecule has 0 fully saturated rings. The largest absolute Gasteiger partial charge is 0.330 e. The van der Waals surface area contributed by atoms with E-state index in [9.17, 15) is 19.6 Å². The van der Waals surface area contributed by atoms with E-state index in [0.29, 0.717) is 16.2 Å². The number of amides is 2. The molecule has 2 aromatic carbocycles. The van der Waals surface area contributed by atoms with Gasteiger partial charge in [0.15, 0.2) is 5.78 Å². The van der Waals surface area contributed by atoms with Crippen LogP contribution in [0.15, 0.2) is 53.4 Å². The molecule has 1 atom stereocenters. The topological polar surface area (TPSA) is 102 Å². The molecule has 0 bridgehead atoms. The molecule has 2 aromatic rings. The molecule has 3 rings (SSSR count). The van der Waals surface area contributed by atoms with Gasteiger partial charge in [0.2, 0.25) is 12.3 Å². The number of fused-ring (bicyclic) bond motifs is 1. The third-order valence-electron chi connectivity index (χ3n) is 4.34. The van der Waals surface area contributed by atoms with Crippen LogP contribution in [0.2, 0.25) is 0 Å². The molecule has 1 aliphatic heterocycles. The smallest absolute Gasteiger partial charge is 0.238 e. The molecule has 8 heteroatoms. The summed E-state index contributed by atoms with van der Waals surface area (Å²) >= 11 is 1.26. The van der Waals surface area contributed by atoms with Crippen LogP contribution in [0.4, 0.5) is 0 Å². The number of hydrogen-bond donors (Lipinski definition) is 1. The SMILES string of the molecule is CC.N#Cc1ccc(C(=O)CN2Cc3ccccc3SC(CN(O)C=O)C2=O)cc1. The monoisotopic (exact) mass is 425 g/mol. The number of carbonyl (C=O) groups excluding carboxylic acids is 3. The van der Waals surface area contributed by atoms with Crippen molar-refractivity contribution < 1.29 is 19.6 Å². The van der Waals surface area contributed by atoms with E-state index in [1.165, 1.54) is 16.7 Å². The number of hydroxylamine groups is 2. The van der Waals surface area contributed by atoms with Crippen molar-refractivity contribution in [2.75, 3.05) is 13.1 Å². The molecule has 1 unspecified atom stereocenters. The fourth-order valence-corrected chi connectivity index (χ4v) is 4.12. The summed E-state index contributed by atoms with van der Waals surface area (Å²) in [6.45, 7) is 3.94. The van der Waals surface area contributed by atoms with E-state index in [1.807, 2.05) is 44.2 Å². The second-order valence-corrected chi connectivity index (χ2v) is 7.49. The van der Waals surface area contributed by atoms with Crippen molar-refractivity contribution >= 4 is 29.9 Å². The Morgan fingerprint density at radius 3 is 2.57 bits per heavy atom. The minimum atomic E-state index is -0.729. The second-order valence-electron chi connectivity index (χ2n) is 6.25. The molecular formula is C22H23N3O4S. The molecule has 0 spiro atoms. The molecule has 30 heavy (non-hydrogen) atoms.